The quantitative estimate of drug-likeness (QED) is 0.785. The van der Waals surface area contributed by atoms with E-state index in [4.69, 9.17) is 0 Å². The molecule has 1 saturated carbocycles. The number of amides is 2. The van der Waals surface area contributed by atoms with Gasteiger partial charge in [0.05, 0.1) is 12.0 Å². The lowest BCUT2D eigenvalue weighted by molar-refractivity contribution is -0.127. The van der Waals surface area contributed by atoms with Crippen LogP contribution in [-0.4, -0.2) is 32.9 Å². The highest BCUT2D eigenvalue weighted by atomic mass is 32.2. The van der Waals surface area contributed by atoms with Crippen LogP contribution >= 0.6 is 11.8 Å². The molecule has 1 aromatic rings. The van der Waals surface area contributed by atoms with Crippen molar-refractivity contribution in [2.75, 3.05) is 0 Å². The summed E-state index contributed by atoms with van der Waals surface area (Å²) in [6.45, 7) is 0. The first kappa shape index (κ1) is 13.3. The van der Waals surface area contributed by atoms with Crippen molar-refractivity contribution < 1.29 is 19.5 Å². The molecule has 104 valence electrons. The number of fused-ring (bicyclic) bond motifs is 1. The predicted octanol–water partition coefficient (Wildman–Crippen LogP) is 0.726. The van der Waals surface area contributed by atoms with Crippen LogP contribution in [0.25, 0.3) is 0 Å². The molecule has 2 N–H and O–H groups in total. The first-order valence-corrected chi connectivity index (χ1v) is 7.18. The van der Waals surface area contributed by atoms with Crippen molar-refractivity contribution in [2.24, 2.45) is 5.92 Å². The smallest absolute Gasteiger partial charge is 0.244 e. The monoisotopic (exact) mass is 291 g/mol. The number of nitrogens with one attached hydrogen (secondary N) is 1. The van der Waals surface area contributed by atoms with Gasteiger partial charge in [-0.1, -0.05) is 42.1 Å². The number of aliphatic hydroxyl groups is 1. The average molecular weight is 291 g/mol. The zero-order valence-corrected chi connectivity index (χ0v) is 11.4. The van der Waals surface area contributed by atoms with E-state index in [2.05, 4.69) is 5.32 Å². The van der Waals surface area contributed by atoms with Gasteiger partial charge in [0, 0.05) is 5.56 Å². The topological polar surface area (TPSA) is 83.5 Å². The van der Waals surface area contributed by atoms with Crippen LogP contribution in [0.2, 0.25) is 0 Å². The number of carbonyl (C=O) groups is 3. The summed E-state index contributed by atoms with van der Waals surface area (Å²) in [5.41, 5.74) is 0.485. The van der Waals surface area contributed by atoms with E-state index in [-0.39, 0.29) is 5.12 Å². The number of rotatable bonds is 2. The summed E-state index contributed by atoms with van der Waals surface area (Å²) in [5, 5.41) is 11.9. The molecule has 0 unspecified atom stereocenters. The second-order valence-corrected chi connectivity index (χ2v) is 6.35. The third-order valence-corrected chi connectivity index (χ3v) is 5.32. The SMILES string of the molecule is O=C(S[C@@]12CC[C@@H](O)[C@@H]1C(=O)NC2=O)c1ccccc1. The van der Waals surface area contributed by atoms with Gasteiger partial charge in [0.1, 0.15) is 4.75 Å². The lowest BCUT2D eigenvalue weighted by atomic mass is 9.97. The maximum absolute atomic E-state index is 12.3. The highest BCUT2D eigenvalue weighted by molar-refractivity contribution is 8.16. The first-order chi connectivity index (χ1) is 9.54. The van der Waals surface area contributed by atoms with Gasteiger partial charge in [-0.3, -0.25) is 19.7 Å². The summed E-state index contributed by atoms with van der Waals surface area (Å²) < 4.78 is -1.15. The largest absolute Gasteiger partial charge is 0.392 e. The van der Waals surface area contributed by atoms with Gasteiger partial charge in [0.15, 0.2) is 0 Å². The van der Waals surface area contributed by atoms with Gasteiger partial charge in [0.2, 0.25) is 16.9 Å². The molecule has 0 bridgehead atoms. The van der Waals surface area contributed by atoms with Crippen molar-refractivity contribution >= 4 is 28.7 Å². The fourth-order valence-corrected chi connectivity index (χ4v) is 4.23. The number of hydrogen-bond donors (Lipinski definition) is 2. The Labute approximate surface area is 119 Å². The fourth-order valence-electron chi connectivity index (χ4n) is 2.89. The van der Waals surface area contributed by atoms with Gasteiger partial charge in [-0.25, -0.2) is 0 Å². The minimum Gasteiger partial charge on any atom is -0.392 e. The van der Waals surface area contributed by atoms with E-state index in [0.29, 0.717) is 18.4 Å². The van der Waals surface area contributed by atoms with Crippen LogP contribution in [0.1, 0.15) is 23.2 Å². The van der Waals surface area contributed by atoms with Gasteiger partial charge in [-0.05, 0) is 12.8 Å². The summed E-state index contributed by atoms with van der Waals surface area (Å²) in [7, 11) is 0. The van der Waals surface area contributed by atoms with Crippen LogP contribution < -0.4 is 5.32 Å². The molecule has 20 heavy (non-hydrogen) atoms. The van der Waals surface area contributed by atoms with Crippen molar-refractivity contribution in [1.82, 2.24) is 5.32 Å². The number of thioether (sulfide) groups is 1. The van der Waals surface area contributed by atoms with Crippen LogP contribution in [0.15, 0.2) is 30.3 Å². The second-order valence-electron chi connectivity index (χ2n) is 5.05. The van der Waals surface area contributed by atoms with Crippen LogP contribution in [0.5, 0.6) is 0 Å². The number of aliphatic hydroxyl groups excluding tert-OH is 1. The lowest BCUT2D eigenvalue weighted by Crippen LogP contribution is -2.38. The molecule has 0 aromatic heterocycles. The second kappa shape index (κ2) is 4.71. The Morgan fingerprint density at radius 1 is 1.30 bits per heavy atom. The minimum atomic E-state index is -1.15. The van der Waals surface area contributed by atoms with Crippen LogP contribution in [-0.2, 0) is 9.59 Å². The highest BCUT2D eigenvalue weighted by Crippen LogP contribution is 2.50. The molecule has 1 aromatic carbocycles. The molecule has 6 heteroatoms. The maximum Gasteiger partial charge on any atom is 0.244 e. The molecular formula is C14H13NO4S. The highest BCUT2D eigenvalue weighted by Gasteiger charge is 2.63. The standard InChI is InChI=1S/C14H13NO4S/c16-9-6-7-14(10(9)11(17)15-13(14)19)20-12(18)8-4-2-1-3-5-8/h1-5,9-10,16H,6-7H2,(H,15,17,19)/t9-,10-,14+/m1/s1. The Morgan fingerprint density at radius 3 is 2.70 bits per heavy atom. The Kier molecular flexibility index (Phi) is 3.14. The molecule has 2 amide bonds. The average Bonchev–Trinajstić information content (AvgIpc) is 2.89. The van der Waals surface area contributed by atoms with E-state index in [1.807, 2.05) is 0 Å². The number of hydrogen-bond acceptors (Lipinski definition) is 5. The number of carbonyl (C=O) groups excluding carboxylic acids is 3. The Hall–Kier alpha value is -1.66. The van der Waals surface area contributed by atoms with Gasteiger partial charge in [0.25, 0.3) is 0 Å². The zero-order valence-electron chi connectivity index (χ0n) is 10.5. The predicted molar refractivity (Wildman–Crippen MR) is 73.0 cm³/mol. The minimum absolute atomic E-state index is 0.255. The molecule has 3 atom stereocenters. The van der Waals surface area contributed by atoms with Crippen molar-refractivity contribution in [2.45, 2.75) is 23.7 Å². The molecular weight excluding hydrogens is 278 g/mol. The molecule has 2 aliphatic rings. The van der Waals surface area contributed by atoms with Crippen molar-refractivity contribution in [3.63, 3.8) is 0 Å². The third kappa shape index (κ3) is 1.87. The maximum atomic E-state index is 12.3. The van der Waals surface area contributed by atoms with E-state index in [1.54, 1.807) is 30.3 Å². The molecule has 2 fully saturated rings. The normalized spacial score (nSPS) is 32.0. The lowest BCUT2D eigenvalue weighted by Gasteiger charge is -2.23. The molecule has 3 rings (SSSR count). The molecule has 0 radical (unpaired) electrons. The van der Waals surface area contributed by atoms with Gasteiger partial charge in [-0.15, -0.1) is 0 Å². The molecule has 1 saturated heterocycles. The number of imide groups is 1. The first-order valence-electron chi connectivity index (χ1n) is 6.36. The third-order valence-electron chi connectivity index (χ3n) is 3.89. The molecule has 1 aliphatic heterocycles. The Morgan fingerprint density at radius 2 is 2.00 bits per heavy atom. The van der Waals surface area contributed by atoms with Gasteiger partial charge >= 0.3 is 0 Å². The van der Waals surface area contributed by atoms with Crippen LogP contribution in [0, 0.1) is 5.92 Å². The fraction of sp³-hybridized carbons (Fsp3) is 0.357. The van der Waals surface area contributed by atoms with Gasteiger partial charge in [-0.2, -0.15) is 0 Å². The zero-order chi connectivity index (χ0) is 14.3. The van der Waals surface area contributed by atoms with E-state index in [9.17, 15) is 19.5 Å². The van der Waals surface area contributed by atoms with Crippen LogP contribution in [0.3, 0.4) is 0 Å². The summed E-state index contributed by atoms with van der Waals surface area (Å²) in [5.74, 6) is -1.76. The van der Waals surface area contributed by atoms with E-state index < -0.39 is 28.6 Å². The summed E-state index contributed by atoms with van der Waals surface area (Å²) in [6, 6.07) is 8.62. The summed E-state index contributed by atoms with van der Waals surface area (Å²) in [4.78, 5) is 36.2. The molecule has 0 spiro atoms. The van der Waals surface area contributed by atoms with Crippen LogP contribution in [0.4, 0.5) is 0 Å². The van der Waals surface area contributed by atoms with Crippen molar-refractivity contribution in [3.8, 4) is 0 Å². The van der Waals surface area contributed by atoms with Crippen molar-refractivity contribution in [1.29, 1.82) is 0 Å². The van der Waals surface area contributed by atoms with E-state index in [1.165, 1.54) is 0 Å². The Balaban J connectivity index is 1.90. The molecule has 5 nitrogen and oxygen atoms in total. The molecule has 1 heterocycles. The van der Waals surface area contributed by atoms with E-state index in [0.717, 1.165) is 11.8 Å². The summed E-state index contributed by atoms with van der Waals surface area (Å²) in [6.07, 6.45) is -0.170. The summed E-state index contributed by atoms with van der Waals surface area (Å²) >= 11 is 0.862. The Bertz CT molecular complexity index is 588. The number of benzene rings is 1. The van der Waals surface area contributed by atoms with Gasteiger partial charge < -0.3 is 5.11 Å². The molecule has 1 aliphatic carbocycles. The van der Waals surface area contributed by atoms with E-state index >= 15 is 0 Å². The van der Waals surface area contributed by atoms with Crippen molar-refractivity contribution in [3.05, 3.63) is 35.9 Å².